The Kier molecular flexibility index (Phi) is 3.43. The Balaban J connectivity index is 2.52. The topological polar surface area (TPSA) is 71.0 Å². The van der Waals surface area contributed by atoms with E-state index in [2.05, 4.69) is 11.4 Å². The molecule has 2 aromatic heterocycles. The van der Waals surface area contributed by atoms with E-state index < -0.39 is 0 Å². The van der Waals surface area contributed by atoms with Crippen LogP contribution in [-0.2, 0) is 0 Å². The van der Waals surface area contributed by atoms with Crippen LogP contribution in [0.15, 0.2) is 28.9 Å². The Morgan fingerprint density at radius 1 is 1.42 bits per heavy atom. The Hall–Kier alpha value is -2.48. The summed E-state index contributed by atoms with van der Waals surface area (Å²) in [6.45, 7) is 5.42. The summed E-state index contributed by atoms with van der Waals surface area (Å²) in [7, 11) is 0. The standard InChI is InChI=1S/C14H15N3O2/c1-9(2)16-13(18)12-10(3)19-14(11(12)8-15)17-6-4-5-7-17/h4-7,9H,1-3H3,(H,16,18). The van der Waals surface area contributed by atoms with Crippen LogP contribution in [0.4, 0.5) is 0 Å². The highest BCUT2D eigenvalue weighted by Crippen LogP contribution is 2.25. The van der Waals surface area contributed by atoms with Gasteiger partial charge in [0.05, 0.1) is 0 Å². The molecule has 2 heterocycles. The van der Waals surface area contributed by atoms with Crippen molar-refractivity contribution >= 4 is 5.91 Å². The Morgan fingerprint density at radius 2 is 2.05 bits per heavy atom. The van der Waals surface area contributed by atoms with E-state index in [4.69, 9.17) is 4.42 Å². The predicted molar refractivity (Wildman–Crippen MR) is 70.1 cm³/mol. The van der Waals surface area contributed by atoms with Gasteiger partial charge in [0.1, 0.15) is 23.0 Å². The molecule has 19 heavy (non-hydrogen) atoms. The number of hydrogen-bond donors (Lipinski definition) is 1. The molecule has 0 aliphatic heterocycles. The van der Waals surface area contributed by atoms with Gasteiger partial charge in [0, 0.05) is 18.4 Å². The first kappa shape index (κ1) is 13.0. The van der Waals surface area contributed by atoms with Crippen molar-refractivity contribution in [3.8, 4) is 12.0 Å². The second kappa shape index (κ2) is 5.02. The number of rotatable bonds is 3. The first-order valence-corrected chi connectivity index (χ1v) is 6.02. The van der Waals surface area contributed by atoms with Gasteiger partial charge in [0.25, 0.3) is 5.91 Å². The zero-order chi connectivity index (χ0) is 14.0. The van der Waals surface area contributed by atoms with E-state index in [0.717, 1.165) is 0 Å². The molecule has 2 aromatic rings. The summed E-state index contributed by atoms with van der Waals surface area (Å²) in [6, 6.07) is 5.71. The second-order valence-electron chi connectivity index (χ2n) is 4.54. The van der Waals surface area contributed by atoms with Gasteiger partial charge in [-0.05, 0) is 32.9 Å². The number of nitrogens with zero attached hydrogens (tertiary/aromatic N) is 2. The summed E-state index contributed by atoms with van der Waals surface area (Å²) in [5, 5.41) is 12.1. The highest BCUT2D eigenvalue weighted by Gasteiger charge is 2.24. The van der Waals surface area contributed by atoms with Crippen molar-refractivity contribution in [2.24, 2.45) is 0 Å². The number of aryl methyl sites for hydroxylation is 1. The first-order valence-electron chi connectivity index (χ1n) is 6.02. The van der Waals surface area contributed by atoms with Crippen LogP contribution in [0, 0.1) is 18.3 Å². The van der Waals surface area contributed by atoms with Crippen molar-refractivity contribution in [3.05, 3.63) is 41.4 Å². The fourth-order valence-electron chi connectivity index (χ4n) is 1.89. The first-order chi connectivity index (χ1) is 9.04. The van der Waals surface area contributed by atoms with Crippen LogP contribution in [-0.4, -0.2) is 16.5 Å². The van der Waals surface area contributed by atoms with E-state index in [1.54, 1.807) is 23.9 Å². The minimum Gasteiger partial charge on any atom is -0.443 e. The largest absolute Gasteiger partial charge is 0.443 e. The third kappa shape index (κ3) is 2.38. The van der Waals surface area contributed by atoms with Gasteiger partial charge < -0.3 is 9.73 Å². The minimum atomic E-state index is -0.286. The Morgan fingerprint density at radius 3 is 2.58 bits per heavy atom. The fraction of sp³-hybridized carbons (Fsp3) is 0.286. The highest BCUT2D eigenvalue weighted by molar-refractivity contribution is 5.98. The van der Waals surface area contributed by atoms with Gasteiger partial charge in [0.15, 0.2) is 0 Å². The second-order valence-corrected chi connectivity index (χ2v) is 4.54. The lowest BCUT2D eigenvalue weighted by atomic mass is 10.1. The molecule has 0 aromatic carbocycles. The van der Waals surface area contributed by atoms with Crippen molar-refractivity contribution in [2.75, 3.05) is 0 Å². The number of carbonyl (C=O) groups is 1. The smallest absolute Gasteiger partial charge is 0.256 e. The summed E-state index contributed by atoms with van der Waals surface area (Å²) in [5.41, 5.74) is 0.562. The maximum Gasteiger partial charge on any atom is 0.256 e. The van der Waals surface area contributed by atoms with Crippen molar-refractivity contribution in [1.29, 1.82) is 5.26 Å². The number of aromatic nitrogens is 1. The Labute approximate surface area is 111 Å². The summed E-state index contributed by atoms with van der Waals surface area (Å²) in [6.07, 6.45) is 3.53. The van der Waals surface area contributed by atoms with Crippen LogP contribution >= 0.6 is 0 Å². The summed E-state index contributed by atoms with van der Waals surface area (Å²) in [4.78, 5) is 12.1. The molecular formula is C14H15N3O2. The van der Waals surface area contributed by atoms with Gasteiger partial charge in [-0.3, -0.25) is 9.36 Å². The van der Waals surface area contributed by atoms with E-state index in [1.807, 2.05) is 26.0 Å². The quantitative estimate of drug-likeness (QED) is 0.917. The van der Waals surface area contributed by atoms with Gasteiger partial charge in [-0.2, -0.15) is 5.26 Å². The molecule has 2 rings (SSSR count). The van der Waals surface area contributed by atoms with Crippen molar-refractivity contribution in [1.82, 2.24) is 9.88 Å². The zero-order valence-corrected chi connectivity index (χ0v) is 11.1. The molecule has 5 heteroatoms. The molecule has 0 aliphatic rings. The van der Waals surface area contributed by atoms with E-state index in [0.29, 0.717) is 17.2 Å². The molecule has 1 N–H and O–H groups in total. The monoisotopic (exact) mass is 257 g/mol. The normalized spacial score (nSPS) is 10.5. The van der Waals surface area contributed by atoms with E-state index in [9.17, 15) is 10.1 Å². The van der Waals surface area contributed by atoms with Crippen LogP contribution in [0.2, 0.25) is 0 Å². The molecule has 0 saturated carbocycles. The van der Waals surface area contributed by atoms with E-state index in [1.165, 1.54) is 0 Å². The SMILES string of the molecule is Cc1oc(-n2cccc2)c(C#N)c1C(=O)NC(C)C. The lowest BCUT2D eigenvalue weighted by Crippen LogP contribution is -2.30. The van der Waals surface area contributed by atoms with Crippen LogP contribution in [0.1, 0.15) is 35.5 Å². The number of furan rings is 1. The molecule has 0 atom stereocenters. The molecule has 0 fully saturated rings. The molecule has 1 amide bonds. The number of nitriles is 1. The molecule has 0 unspecified atom stereocenters. The minimum absolute atomic E-state index is 0.00312. The van der Waals surface area contributed by atoms with Gasteiger partial charge in [-0.1, -0.05) is 0 Å². The lowest BCUT2D eigenvalue weighted by molar-refractivity contribution is 0.0941. The molecule has 0 aliphatic carbocycles. The van der Waals surface area contributed by atoms with Crippen LogP contribution in [0.3, 0.4) is 0 Å². The van der Waals surface area contributed by atoms with Crippen LogP contribution in [0.5, 0.6) is 0 Å². The van der Waals surface area contributed by atoms with Gasteiger partial charge in [0.2, 0.25) is 5.88 Å². The van der Waals surface area contributed by atoms with Gasteiger partial charge >= 0.3 is 0 Å². The van der Waals surface area contributed by atoms with E-state index in [-0.39, 0.29) is 17.5 Å². The van der Waals surface area contributed by atoms with Crippen LogP contribution in [0.25, 0.3) is 5.88 Å². The summed E-state index contributed by atoms with van der Waals surface area (Å²) >= 11 is 0. The van der Waals surface area contributed by atoms with E-state index >= 15 is 0 Å². The summed E-state index contributed by atoms with van der Waals surface area (Å²) < 4.78 is 7.24. The number of hydrogen-bond acceptors (Lipinski definition) is 3. The average Bonchev–Trinajstić information content (AvgIpc) is 2.93. The van der Waals surface area contributed by atoms with Gasteiger partial charge in [-0.25, -0.2) is 0 Å². The molecule has 0 radical (unpaired) electrons. The Bertz CT molecular complexity index is 630. The molecule has 98 valence electrons. The number of nitrogens with one attached hydrogen (secondary N) is 1. The van der Waals surface area contributed by atoms with Crippen molar-refractivity contribution < 1.29 is 9.21 Å². The molecule has 0 bridgehead atoms. The zero-order valence-electron chi connectivity index (χ0n) is 11.1. The van der Waals surface area contributed by atoms with Crippen molar-refractivity contribution in [2.45, 2.75) is 26.8 Å². The average molecular weight is 257 g/mol. The predicted octanol–water partition coefficient (Wildman–Crippen LogP) is 2.39. The third-order valence-corrected chi connectivity index (χ3v) is 2.66. The lowest BCUT2D eigenvalue weighted by Gasteiger charge is -2.07. The molecular weight excluding hydrogens is 242 g/mol. The third-order valence-electron chi connectivity index (χ3n) is 2.66. The molecule has 0 saturated heterocycles. The fourth-order valence-corrected chi connectivity index (χ4v) is 1.89. The summed E-state index contributed by atoms with van der Waals surface area (Å²) in [5.74, 6) is 0.531. The number of amides is 1. The number of carbonyl (C=O) groups excluding carboxylic acids is 1. The molecule has 0 spiro atoms. The van der Waals surface area contributed by atoms with Crippen molar-refractivity contribution in [3.63, 3.8) is 0 Å². The molecule has 5 nitrogen and oxygen atoms in total. The van der Waals surface area contributed by atoms with Crippen LogP contribution < -0.4 is 5.32 Å². The van der Waals surface area contributed by atoms with Gasteiger partial charge in [-0.15, -0.1) is 0 Å². The highest BCUT2D eigenvalue weighted by atomic mass is 16.4. The maximum atomic E-state index is 12.1. The maximum absolute atomic E-state index is 12.1.